The third kappa shape index (κ3) is 3.74. The van der Waals surface area contributed by atoms with E-state index in [1.165, 1.54) is 6.92 Å². The Bertz CT molecular complexity index is 212. The maximum Gasteiger partial charge on any atom is 0.237 e. The van der Waals surface area contributed by atoms with E-state index in [-0.39, 0.29) is 17.9 Å². The van der Waals surface area contributed by atoms with E-state index in [9.17, 15) is 9.59 Å². The van der Waals surface area contributed by atoms with Crippen LogP contribution in [-0.4, -0.2) is 37.5 Å². The lowest BCUT2D eigenvalue weighted by Gasteiger charge is -2.10. The average Bonchev–Trinajstić information content (AvgIpc) is 2.64. The largest absolute Gasteiger partial charge is 0.355 e. The molecule has 1 fully saturated rings. The van der Waals surface area contributed by atoms with Crippen LogP contribution < -0.4 is 16.0 Å². The molecule has 1 heterocycles. The number of rotatable bonds is 4. The Balaban J connectivity index is 2.05. The Morgan fingerprint density at radius 3 is 2.64 bits per heavy atom. The second kappa shape index (κ2) is 5.59. The number of hydrogen-bond donors (Lipinski definition) is 3. The average molecular weight is 199 g/mol. The molecule has 1 saturated heterocycles. The summed E-state index contributed by atoms with van der Waals surface area (Å²) in [6.45, 7) is 3.37. The number of amides is 2. The standard InChI is InChI=1S/C9H17N3O2/c1-7(13)10-5-6-12-9(14)8-3-2-4-11-8/h8,11H,2-6H2,1H3,(H,10,13)(H,12,14)/t8-/m1/s1. The van der Waals surface area contributed by atoms with E-state index >= 15 is 0 Å². The molecule has 0 aromatic heterocycles. The van der Waals surface area contributed by atoms with Gasteiger partial charge in [-0.3, -0.25) is 9.59 Å². The SMILES string of the molecule is CC(=O)NCCNC(=O)[C@H]1CCCN1. The Morgan fingerprint density at radius 1 is 1.36 bits per heavy atom. The fourth-order valence-corrected chi connectivity index (χ4v) is 1.46. The molecular weight excluding hydrogens is 182 g/mol. The number of nitrogens with one attached hydrogen (secondary N) is 3. The first-order valence-corrected chi connectivity index (χ1v) is 4.95. The van der Waals surface area contributed by atoms with Crippen molar-refractivity contribution >= 4 is 11.8 Å². The van der Waals surface area contributed by atoms with E-state index in [1.807, 2.05) is 0 Å². The normalized spacial score (nSPS) is 20.5. The zero-order valence-corrected chi connectivity index (χ0v) is 8.43. The van der Waals surface area contributed by atoms with Crippen LogP contribution in [0.15, 0.2) is 0 Å². The van der Waals surface area contributed by atoms with Gasteiger partial charge in [0.2, 0.25) is 11.8 Å². The van der Waals surface area contributed by atoms with Crippen molar-refractivity contribution in [2.45, 2.75) is 25.8 Å². The quantitative estimate of drug-likeness (QED) is 0.508. The minimum Gasteiger partial charge on any atom is -0.355 e. The van der Waals surface area contributed by atoms with Crippen molar-refractivity contribution in [3.63, 3.8) is 0 Å². The summed E-state index contributed by atoms with van der Waals surface area (Å²) in [5.74, 6) is -0.0360. The summed E-state index contributed by atoms with van der Waals surface area (Å²) in [7, 11) is 0. The van der Waals surface area contributed by atoms with Crippen LogP contribution in [0.3, 0.4) is 0 Å². The van der Waals surface area contributed by atoms with E-state index < -0.39 is 0 Å². The van der Waals surface area contributed by atoms with Gasteiger partial charge in [0.15, 0.2) is 0 Å². The molecule has 0 aliphatic carbocycles. The van der Waals surface area contributed by atoms with Crippen LogP contribution >= 0.6 is 0 Å². The van der Waals surface area contributed by atoms with Crippen molar-refractivity contribution in [3.8, 4) is 0 Å². The van der Waals surface area contributed by atoms with Crippen LogP contribution in [0.1, 0.15) is 19.8 Å². The molecule has 0 aromatic rings. The summed E-state index contributed by atoms with van der Waals surface area (Å²) in [5.41, 5.74) is 0. The first-order chi connectivity index (χ1) is 6.70. The highest BCUT2D eigenvalue weighted by molar-refractivity contribution is 5.82. The van der Waals surface area contributed by atoms with Crippen LogP contribution in [0.2, 0.25) is 0 Å². The minimum atomic E-state index is -0.0711. The lowest BCUT2D eigenvalue weighted by molar-refractivity contribution is -0.123. The van der Waals surface area contributed by atoms with Crippen molar-refractivity contribution < 1.29 is 9.59 Å². The molecule has 0 spiro atoms. The molecule has 5 nitrogen and oxygen atoms in total. The third-order valence-corrected chi connectivity index (χ3v) is 2.17. The highest BCUT2D eigenvalue weighted by atomic mass is 16.2. The second-order valence-electron chi connectivity index (χ2n) is 3.42. The fourth-order valence-electron chi connectivity index (χ4n) is 1.46. The van der Waals surface area contributed by atoms with Gasteiger partial charge in [-0.05, 0) is 19.4 Å². The van der Waals surface area contributed by atoms with Gasteiger partial charge in [-0.2, -0.15) is 0 Å². The summed E-state index contributed by atoms with van der Waals surface area (Å²) < 4.78 is 0. The van der Waals surface area contributed by atoms with Crippen molar-refractivity contribution in [2.75, 3.05) is 19.6 Å². The van der Waals surface area contributed by atoms with Gasteiger partial charge >= 0.3 is 0 Å². The molecule has 0 aromatic carbocycles. The van der Waals surface area contributed by atoms with Crippen molar-refractivity contribution in [1.29, 1.82) is 0 Å². The number of carbonyl (C=O) groups excluding carboxylic acids is 2. The Labute approximate surface area is 83.6 Å². The minimum absolute atomic E-state index is 0.0349. The smallest absolute Gasteiger partial charge is 0.237 e. The lowest BCUT2D eigenvalue weighted by Crippen LogP contribution is -2.43. The lowest BCUT2D eigenvalue weighted by atomic mass is 10.2. The zero-order valence-electron chi connectivity index (χ0n) is 8.43. The van der Waals surface area contributed by atoms with Crippen LogP contribution in [0.5, 0.6) is 0 Å². The van der Waals surface area contributed by atoms with Crippen LogP contribution in [0.25, 0.3) is 0 Å². The topological polar surface area (TPSA) is 70.2 Å². The van der Waals surface area contributed by atoms with E-state index in [4.69, 9.17) is 0 Å². The molecule has 1 aliphatic heterocycles. The van der Waals surface area contributed by atoms with Crippen LogP contribution in [0, 0.1) is 0 Å². The molecular formula is C9H17N3O2. The van der Waals surface area contributed by atoms with Gasteiger partial charge in [-0.15, -0.1) is 0 Å². The molecule has 3 N–H and O–H groups in total. The van der Waals surface area contributed by atoms with Gasteiger partial charge < -0.3 is 16.0 Å². The van der Waals surface area contributed by atoms with Gasteiger partial charge in [-0.25, -0.2) is 0 Å². The Hall–Kier alpha value is -1.10. The van der Waals surface area contributed by atoms with E-state index in [2.05, 4.69) is 16.0 Å². The Morgan fingerprint density at radius 2 is 2.07 bits per heavy atom. The maximum atomic E-state index is 11.4. The third-order valence-electron chi connectivity index (χ3n) is 2.17. The first kappa shape index (κ1) is 11.0. The summed E-state index contributed by atoms with van der Waals surface area (Å²) in [6, 6.07) is -0.0349. The van der Waals surface area contributed by atoms with E-state index in [1.54, 1.807) is 0 Å². The van der Waals surface area contributed by atoms with Crippen molar-refractivity contribution in [1.82, 2.24) is 16.0 Å². The molecule has 14 heavy (non-hydrogen) atoms. The molecule has 0 saturated carbocycles. The summed E-state index contributed by atoms with van der Waals surface area (Å²) >= 11 is 0. The van der Waals surface area contributed by atoms with E-state index in [0.29, 0.717) is 13.1 Å². The molecule has 1 rings (SSSR count). The van der Waals surface area contributed by atoms with Gasteiger partial charge in [-0.1, -0.05) is 0 Å². The molecule has 1 atom stereocenters. The molecule has 0 radical (unpaired) electrons. The van der Waals surface area contributed by atoms with Crippen molar-refractivity contribution in [2.24, 2.45) is 0 Å². The predicted molar refractivity (Wildman–Crippen MR) is 52.7 cm³/mol. The second-order valence-corrected chi connectivity index (χ2v) is 3.42. The molecule has 0 bridgehead atoms. The zero-order chi connectivity index (χ0) is 10.4. The number of carbonyl (C=O) groups is 2. The van der Waals surface area contributed by atoms with Crippen molar-refractivity contribution in [3.05, 3.63) is 0 Å². The van der Waals surface area contributed by atoms with Crippen LogP contribution in [0.4, 0.5) is 0 Å². The highest BCUT2D eigenvalue weighted by Gasteiger charge is 2.20. The van der Waals surface area contributed by atoms with Gasteiger partial charge in [0.05, 0.1) is 6.04 Å². The summed E-state index contributed by atoms with van der Waals surface area (Å²) in [6.07, 6.45) is 1.97. The fraction of sp³-hybridized carbons (Fsp3) is 0.778. The molecule has 0 unspecified atom stereocenters. The van der Waals surface area contributed by atoms with Gasteiger partial charge in [0, 0.05) is 20.0 Å². The summed E-state index contributed by atoms with van der Waals surface area (Å²) in [4.78, 5) is 21.9. The molecule has 1 aliphatic rings. The molecule has 80 valence electrons. The van der Waals surface area contributed by atoms with Gasteiger partial charge in [0.25, 0.3) is 0 Å². The molecule has 2 amide bonds. The number of hydrogen-bond acceptors (Lipinski definition) is 3. The molecule has 5 heteroatoms. The maximum absolute atomic E-state index is 11.4. The monoisotopic (exact) mass is 199 g/mol. The first-order valence-electron chi connectivity index (χ1n) is 4.95. The predicted octanol–water partition coefficient (Wildman–Crippen LogP) is -1.01. The van der Waals surface area contributed by atoms with E-state index in [0.717, 1.165) is 19.4 Å². The summed E-state index contributed by atoms with van der Waals surface area (Å²) in [5, 5.41) is 8.49. The highest BCUT2D eigenvalue weighted by Crippen LogP contribution is 2.03. The van der Waals surface area contributed by atoms with Crippen LogP contribution in [-0.2, 0) is 9.59 Å². The van der Waals surface area contributed by atoms with Gasteiger partial charge in [0.1, 0.15) is 0 Å². The Kier molecular flexibility index (Phi) is 4.39.